The lowest BCUT2D eigenvalue weighted by Crippen LogP contribution is -1.89. The SMILES string of the molecule is Br.COc1ccc(C)cc1-c1sc(N)nc1-c1sc(N)nc1C. The normalized spacial score (nSPS) is 10.4. The third kappa shape index (κ3) is 3.34. The van der Waals surface area contributed by atoms with Gasteiger partial charge in [-0.2, -0.15) is 0 Å². The second-order valence-corrected chi connectivity index (χ2v) is 6.96. The fourth-order valence-corrected chi connectivity index (χ4v) is 4.06. The van der Waals surface area contributed by atoms with Gasteiger partial charge in [-0.3, -0.25) is 0 Å². The number of nitrogen functional groups attached to an aromatic ring is 2. The van der Waals surface area contributed by atoms with Gasteiger partial charge in [-0.1, -0.05) is 34.3 Å². The second-order valence-electron chi connectivity index (χ2n) is 4.90. The Morgan fingerprint density at radius 3 is 2.26 bits per heavy atom. The smallest absolute Gasteiger partial charge is 0.181 e. The number of nitrogens with two attached hydrogens (primary N) is 2. The Labute approximate surface area is 153 Å². The van der Waals surface area contributed by atoms with Crippen LogP contribution in [-0.2, 0) is 0 Å². The van der Waals surface area contributed by atoms with E-state index in [-0.39, 0.29) is 17.0 Å². The van der Waals surface area contributed by atoms with Gasteiger partial charge >= 0.3 is 0 Å². The van der Waals surface area contributed by atoms with Gasteiger partial charge < -0.3 is 16.2 Å². The molecule has 3 aromatic rings. The van der Waals surface area contributed by atoms with Crippen LogP contribution >= 0.6 is 39.7 Å². The minimum Gasteiger partial charge on any atom is -0.496 e. The van der Waals surface area contributed by atoms with Crippen LogP contribution in [0.1, 0.15) is 11.3 Å². The van der Waals surface area contributed by atoms with Gasteiger partial charge in [0.05, 0.1) is 22.6 Å². The summed E-state index contributed by atoms with van der Waals surface area (Å²) in [5, 5.41) is 1.04. The fourth-order valence-electron chi connectivity index (χ4n) is 2.31. The van der Waals surface area contributed by atoms with Crippen LogP contribution in [-0.4, -0.2) is 17.1 Å². The van der Waals surface area contributed by atoms with E-state index in [4.69, 9.17) is 16.2 Å². The highest BCUT2D eigenvalue weighted by Gasteiger charge is 2.21. The van der Waals surface area contributed by atoms with Crippen LogP contribution in [0.15, 0.2) is 18.2 Å². The molecule has 0 aliphatic rings. The molecule has 0 radical (unpaired) electrons. The van der Waals surface area contributed by atoms with Crippen molar-refractivity contribution in [3.8, 4) is 26.8 Å². The molecule has 0 saturated carbocycles. The van der Waals surface area contributed by atoms with E-state index >= 15 is 0 Å². The molecule has 0 bridgehead atoms. The number of benzene rings is 1. The van der Waals surface area contributed by atoms with Crippen molar-refractivity contribution in [2.75, 3.05) is 18.6 Å². The van der Waals surface area contributed by atoms with E-state index in [1.807, 2.05) is 26.0 Å². The molecule has 2 aromatic heterocycles. The molecule has 1 aromatic carbocycles. The van der Waals surface area contributed by atoms with E-state index in [9.17, 15) is 0 Å². The Hall–Kier alpha value is -1.64. The molecule has 23 heavy (non-hydrogen) atoms. The van der Waals surface area contributed by atoms with Crippen molar-refractivity contribution in [2.24, 2.45) is 0 Å². The van der Waals surface area contributed by atoms with Crippen LogP contribution < -0.4 is 16.2 Å². The highest BCUT2D eigenvalue weighted by atomic mass is 79.9. The molecule has 0 spiro atoms. The van der Waals surface area contributed by atoms with Crippen LogP contribution in [0.2, 0.25) is 0 Å². The molecule has 4 N–H and O–H groups in total. The topological polar surface area (TPSA) is 87.0 Å². The van der Waals surface area contributed by atoms with Crippen LogP contribution in [0.4, 0.5) is 10.3 Å². The first-order valence-corrected chi connectivity index (χ1v) is 8.27. The molecule has 5 nitrogen and oxygen atoms in total. The minimum atomic E-state index is 0. The van der Waals surface area contributed by atoms with E-state index < -0.39 is 0 Å². The van der Waals surface area contributed by atoms with Gasteiger partial charge in [0.25, 0.3) is 0 Å². The molecule has 0 amide bonds. The lowest BCUT2D eigenvalue weighted by Gasteiger charge is -2.09. The molecule has 0 atom stereocenters. The summed E-state index contributed by atoms with van der Waals surface area (Å²) >= 11 is 2.86. The molecular formula is C15H17BrN4OS2. The van der Waals surface area contributed by atoms with Crippen molar-refractivity contribution in [1.29, 1.82) is 0 Å². The highest BCUT2D eigenvalue weighted by molar-refractivity contribution is 8.93. The quantitative estimate of drug-likeness (QED) is 0.669. The van der Waals surface area contributed by atoms with Gasteiger partial charge in [-0.05, 0) is 26.0 Å². The van der Waals surface area contributed by atoms with E-state index in [0.29, 0.717) is 10.3 Å². The molecule has 3 rings (SSSR count). The van der Waals surface area contributed by atoms with E-state index in [1.54, 1.807) is 7.11 Å². The Morgan fingerprint density at radius 1 is 1.00 bits per heavy atom. The molecule has 0 aliphatic heterocycles. The summed E-state index contributed by atoms with van der Waals surface area (Å²) in [5.74, 6) is 0.797. The molecule has 122 valence electrons. The number of anilines is 2. The molecule has 0 unspecified atom stereocenters. The predicted octanol–water partition coefficient (Wildman–Crippen LogP) is 4.30. The summed E-state index contributed by atoms with van der Waals surface area (Å²) < 4.78 is 5.49. The third-order valence-corrected chi connectivity index (χ3v) is 5.18. The van der Waals surface area contributed by atoms with Crippen molar-refractivity contribution >= 4 is 49.9 Å². The zero-order chi connectivity index (χ0) is 15.9. The number of nitrogens with zero attached hydrogens (tertiary/aromatic N) is 2. The molecule has 0 saturated heterocycles. The summed E-state index contributed by atoms with van der Waals surface area (Å²) in [6.07, 6.45) is 0. The first kappa shape index (κ1) is 17.7. The number of aryl methyl sites for hydroxylation is 2. The van der Waals surface area contributed by atoms with Gasteiger partial charge in [0.2, 0.25) is 0 Å². The first-order chi connectivity index (χ1) is 10.5. The molecule has 2 heterocycles. The number of methoxy groups -OCH3 is 1. The van der Waals surface area contributed by atoms with Gasteiger partial charge in [0, 0.05) is 5.56 Å². The Morgan fingerprint density at radius 2 is 1.65 bits per heavy atom. The minimum absolute atomic E-state index is 0. The van der Waals surface area contributed by atoms with Crippen LogP contribution in [0.5, 0.6) is 5.75 Å². The summed E-state index contributed by atoms with van der Waals surface area (Å²) in [6.45, 7) is 3.97. The van der Waals surface area contributed by atoms with Gasteiger partial charge in [0.15, 0.2) is 10.3 Å². The lowest BCUT2D eigenvalue weighted by atomic mass is 10.1. The van der Waals surface area contributed by atoms with E-state index in [2.05, 4.69) is 16.0 Å². The zero-order valence-corrected chi connectivity index (χ0v) is 16.3. The van der Waals surface area contributed by atoms with Crippen LogP contribution in [0.25, 0.3) is 21.0 Å². The Balaban J connectivity index is 0.00000192. The maximum atomic E-state index is 5.96. The highest BCUT2D eigenvalue weighted by Crippen LogP contribution is 2.45. The summed E-state index contributed by atoms with van der Waals surface area (Å²) in [7, 11) is 1.66. The maximum Gasteiger partial charge on any atom is 0.181 e. The first-order valence-electron chi connectivity index (χ1n) is 6.64. The number of hydrogen-bond donors (Lipinski definition) is 2. The van der Waals surface area contributed by atoms with Crippen LogP contribution in [0, 0.1) is 13.8 Å². The predicted molar refractivity (Wildman–Crippen MR) is 104 cm³/mol. The standard InChI is InChI=1S/C15H16N4OS2.BrH/c1-7-4-5-10(20-3)9(6-7)13-11(19-15(17)22-13)12-8(2)18-14(16)21-12;/h4-6H,1-3H3,(H2,16,18)(H2,17,19);1H. The number of halogens is 1. The molecule has 0 aliphatic carbocycles. The average Bonchev–Trinajstić information content (AvgIpc) is 3.01. The maximum absolute atomic E-state index is 5.96. The summed E-state index contributed by atoms with van der Waals surface area (Å²) in [5.41, 5.74) is 15.6. The van der Waals surface area contributed by atoms with Crippen molar-refractivity contribution in [2.45, 2.75) is 13.8 Å². The number of aromatic nitrogens is 2. The average molecular weight is 413 g/mol. The lowest BCUT2D eigenvalue weighted by molar-refractivity contribution is 0.416. The number of rotatable bonds is 3. The monoisotopic (exact) mass is 412 g/mol. The van der Waals surface area contributed by atoms with Crippen molar-refractivity contribution in [3.63, 3.8) is 0 Å². The van der Waals surface area contributed by atoms with Crippen molar-refractivity contribution in [1.82, 2.24) is 9.97 Å². The van der Waals surface area contributed by atoms with E-state index in [1.165, 1.54) is 22.7 Å². The van der Waals surface area contributed by atoms with Gasteiger partial charge in [-0.25, -0.2) is 9.97 Å². The molecular weight excluding hydrogens is 396 g/mol. The Kier molecular flexibility index (Phi) is 5.28. The summed E-state index contributed by atoms with van der Waals surface area (Å²) in [4.78, 5) is 10.7. The second kappa shape index (κ2) is 6.86. The third-order valence-electron chi connectivity index (χ3n) is 3.27. The largest absolute Gasteiger partial charge is 0.496 e. The zero-order valence-electron chi connectivity index (χ0n) is 12.9. The van der Waals surface area contributed by atoms with Crippen molar-refractivity contribution in [3.05, 3.63) is 29.5 Å². The van der Waals surface area contributed by atoms with E-state index in [0.717, 1.165) is 38.0 Å². The fraction of sp³-hybridized carbons (Fsp3) is 0.200. The molecule has 8 heteroatoms. The molecule has 0 fully saturated rings. The summed E-state index contributed by atoms with van der Waals surface area (Å²) in [6, 6.07) is 6.05. The number of thiazole rings is 2. The Bertz CT molecular complexity index is 844. The van der Waals surface area contributed by atoms with Gasteiger partial charge in [0.1, 0.15) is 11.4 Å². The van der Waals surface area contributed by atoms with Crippen LogP contribution in [0.3, 0.4) is 0 Å². The number of ether oxygens (including phenoxy) is 1. The van der Waals surface area contributed by atoms with Crippen molar-refractivity contribution < 1.29 is 4.74 Å². The van der Waals surface area contributed by atoms with Gasteiger partial charge in [-0.15, -0.1) is 17.0 Å². The number of hydrogen-bond acceptors (Lipinski definition) is 7.